The summed E-state index contributed by atoms with van der Waals surface area (Å²) in [6, 6.07) is 8.01. The Kier molecular flexibility index (Phi) is 5.70. The van der Waals surface area contributed by atoms with Gasteiger partial charge >= 0.3 is 0 Å². The van der Waals surface area contributed by atoms with Gasteiger partial charge in [0, 0.05) is 33.2 Å². The van der Waals surface area contributed by atoms with Gasteiger partial charge in [-0.3, -0.25) is 19.3 Å². The predicted molar refractivity (Wildman–Crippen MR) is 111 cm³/mol. The first kappa shape index (κ1) is 19.0. The summed E-state index contributed by atoms with van der Waals surface area (Å²) in [5.41, 5.74) is 2.42. The summed E-state index contributed by atoms with van der Waals surface area (Å²) in [7, 11) is 1.81. The Labute approximate surface area is 168 Å². The lowest BCUT2D eigenvalue weighted by Crippen LogP contribution is -2.39. The molecule has 1 aliphatic rings. The van der Waals surface area contributed by atoms with E-state index >= 15 is 0 Å². The van der Waals surface area contributed by atoms with Gasteiger partial charge in [0.25, 0.3) is 5.91 Å². The van der Waals surface area contributed by atoms with E-state index in [9.17, 15) is 4.79 Å². The van der Waals surface area contributed by atoms with E-state index in [1.807, 2.05) is 43.1 Å². The maximum Gasteiger partial charge on any atom is 0.278 e. The van der Waals surface area contributed by atoms with E-state index in [2.05, 4.69) is 10.00 Å². The van der Waals surface area contributed by atoms with Crippen molar-refractivity contribution in [3.05, 3.63) is 41.7 Å². The molecule has 8 heteroatoms. The van der Waals surface area contributed by atoms with Crippen LogP contribution in [-0.4, -0.2) is 65.0 Å². The topological polar surface area (TPSA) is 63.5 Å². The number of aryl methyl sites for hydroxylation is 2. The number of thiazole rings is 1. The average Bonchev–Trinajstić information content (AvgIpc) is 3.28. The normalized spacial score (nSPS) is 15.2. The molecule has 0 radical (unpaired) electrons. The second kappa shape index (κ2) is 8.38. The number of ether oxygens (including phenoxy) is 1. The number of benzene rings is 1. The summed E-state index contributed by atoms with van der Waals surface area (Å²) in [6.45, 7) is 6.98. The molecule has 0 aliphatic carbocycles. The standard InChI is InChI=1S/C20H25N5O2S/c1-15-14-21-23(2)18(15)19(26)25(9-5-8-24-10-12-27-13-11-24)20-22-16-6-3-4-7-17(16)28-20/h3-4,6-7,14H,5,8-13H2,1-2H3. The van der Waals surface area contributed by atoms with Gasteiger partial charge in [-0.2, -0.15) is 5.10 Å². The minimum Gasteiger partial charge on any atom is -0.379 e. The molecule has 0 atom stereocenters. The van der Waals surface area contributed by atoms with E-state index in [-0.39, 0.29) is 5.91 Å². The van der Waals surface area contributed by atoms with Crippen LogP contribution in [0.1, 0.15) is 22.5 Å². The largest absolute Gasteiger partial charge is 0.379 e. The second-order valence-electron chi connectivity index (χ2n) is 7.03. The van der Waals surface area contributed by atoms with Crippen molar-refractivity contribution in [2.75, 3.05) is 44.3 Å². The van der Waals surface area contributed by atoms with Crippen molar-refractivity contribution in [1.82, 2.24) is 19.7 Å². The molecule has 148 valence electrons. The van der Waals surface area contributed by atoms with Gasteiger partial charge in [0.1, 0.15) is 5.69 Å². The maximum atomic E-state index is 13.4. The van der Waals surface area contributed by atoms with Crippen LogP contribution in [0.15, 0.2) is 30.5 Å². The van der Waals surface area contributed by atoms with E-state index in [1.165, 1.54) is 0 Å². The highest BCUT2D eigenvalue weighted by Gasteiger charge is 2.25. The van der Waals surface area contributed by atoms with Gasteiger partial charge < -0.3 is 4.74 Å². The van der Waals surface area contributed by atoms with E-state index in [0.29, 0.717) is 12.2 Å². The monoisotopic (exact) mass is 399 g/mol. The highest BCUT2D eigenvalue weighted by molar-refractivity contribution is 7.22. The van der Waals surface area contributed by atoms with Crippen molar-refractivity contribution in [3.63, 3.8) is 0 Å². The average molecular weight is 400 g/mol. The van der Waals surface area contributed by atoms with Crippen molar-refractivity contribution in [2.45, 2.75) is 13.3 Å². The number of hydrogen-bond donors (Lipinski definition) is 0. The second-order valence-corrected chi connectivity index (χ2v) is 8.04. The number of carbonyl (C=O) groups is 1. The minimum atomic E-state index is -0.0430. The molecule has 1 saturated heterocycles. The Morgan fingerprint density at radius 1 is 1.29 bits per heavy atom. The molecule has 1 aliphatic heterocycles. The number of rotatable bonds is 6. The molecule has 2 aromatic heterocycles. The van der Waals surface area contributed by atoms with E-state index in [0.717, 1.165) is 60.2 Å². The van der Waals surface area contributed by atoms with Crippen LogP contribution in [0.2, 0.25) is 0 Å². The first-order valence-electron chi connectivity index (χ1n) is 9.59. The zero-order chi connectivity index (χ0) is 19.5. The molecule has 1 fully saturated rings. The SMILES string of the molecule is Cc1cnn(C)c1C(=O)N(CCCN1CCOCC1)c1nc2ccccc2s1. The van der Waals surface area contributed by atoms with Crippen LogP contribution in [0, 0.1) is 6.92 Å². The lowest BCUT2D eigenvalue weighted by molar-refractivity contribution is 0.0376. The number of morpholine rings is 1. The van der Waals surface area contributed by atoms with Crippen LogP contribution >= 0.6 is 11.3 Å². The molecular weight excluding hydrogens is 374 g/mol. The third kappa shape index (κ3) is 3.94. The molecule has 4 rings (SSSR count). The van der Waals surface area contributed by atoms with Gasteiger partial charge in [-0.15, -0.1) is 0 Å². The van der Waals surface area contributed by atoms with E-state index in [4.69, 9.17) is 9.72 Å². The van der Waals surface area contributed by atoms with Crippen molar-refractivity contribution in [3.8, 4) is 0 Å². The van der Waals surface area contributed by atoms with Crippen LogP contribution in [0.25, 0.3) is 10.2 Å². The Balaban J connectivity index is 1.57. The number of aromatic nitrogens is 3. The smallest absolute Gasteiger partial charge is 0.278 e. The van der Waals surface area contributed by atoms with Gasteiger partial charge in [-0.05, 0) is 31.0 Å². The molecule has 28 heavy (non-hydrogen) atoms. The van der Waals surface area contributed by atoms with E-state index in [1.54, 1.807) is 22.2 Å². The molecule has 1 aromatic carbocycles. The lowest BCUT2D eigenvalue weighted by Gasteiger charge is -2.27. The molecule has 0 saturated carbocycles. The van der Waals surface area contributed by atoms with Crippen molar-refractivity contribution < 1.29 is 9.53 Å². The number of nitrogens with zero attached hydrogens (tertiary/aromatic N) is 5. The van der Waals surface area contributed by atoms with Crippen LogP contribution in [-0.2, 0) is 11.8 Å². The zero-order valence-corrected chi connectivity index (χ0v) is 17.1. The number of anilines is 1. The molecule has 0 N–H and O–H groups in total. The summed E-state index contributed by atoms with van der Waals surface area (Å²) < 4.78 is 8.16. The van der Waals surface area contributed by atoms with Crippen LogP contribution < -0.4 is 4.90 Å². The van der Waals surface area contributed by atoms with Gasteiger partial charge in [0.05, 0.1) is 29.6 Å². The van der Waals surface area contributed by atoms with Gasteiger partial charge in [0.15, 0.2) is 5.13 Å². The van der Waals surface area contributed by atoms with Crippen LogP contribution in [0.5, 0.6) is 0 Å². The zero-order valence-electron chi connectivity index (χ0n) is 16.3. The summed E-state index contributed by atoms with van der Waals surface area (Å²) in [4.78, 5) is 22.3. The predicted octanol–water partition coefficient (Wildman–Crippen LogP) is 2.71. The summed E-state index contributed by atoms with van der Waals surface area (Å²) >= 11 is 1.56. The quantitative estimate of drug-likeness (QED) is 0.638. The lowest BCUT2D eigenvalue weighted by atomic mass is 10.2. The molecule has 0 spiro atoms. The molecule has 3 heterocycles. The van der Waals surface area contributed by atoms with Crippen LogP contribution in [0.3, 0.4) is 0 Å². The maximum absolute atomic E-state index is 13.4. The highest BCUT2D eigenvalue weighted by Crippen LogP contribution is 2.30. The Morgan fingerprint density at radius 2 is 2.07 bits per heavy atom. The van der Waals surface area contributed by atoms with Gasteiger partial charge in [-0.25, -0.2) is 4.98 Å². The van der Waals surface area contributed by atoms with Crippen molar-refractivity contribution in [1.29, 1.82) is 0 Å². The van der Waals surface area contributed by atoms with Gasteiger partial charge in [0.2, 0.25) is 0 Å². The fourth-order valence-electron chi connectivity index (χ4n) is 3.52. The highest BCUT2D eigenvalue weighted by atomic mass is 32.1. The number of fused-ring (bicyclic) bond motifs is 1. The molecule has 0 bridgehead atoms. The first-order chi connectivity index (χ1) is 13.6. The Hall–Kier alpha value is -2.29. The fourth-order valence-corrected chi connectivity index (χ4v) is 4.51. The Morgan fingerprint density at radius 3 is 2.79 bits per heavy atom. The minimum absolute atomic E-state index is 0.0430. The van der Waals surface area contributed by atoms with E-state index < -0.39 is 0 Å². The number of amides is 1. The number of para-hydroxylation sites is 1. The molecule has 1 amide bonds. The third-order valence-electron chi connectivity index (χ3n) is 5.04. The summed E-state index contributed by atoms with van der Waals surface area (Å²) in [6.07, 6.45) is 2.62. The third-order valence-corrected chi connectivity index (χ3v) is 6.10. The molecule has 3 aromatic rings. The van der Waals surface area contributed by atoms with Crippen LogP contribution in [0.4, 0.5) is 5.13 Å². The molecular formula is C20H25N5O2S. The molecule has 0 unspecified atom stereocenters. The number of hydrogen-bond acceptors (Lipinski definition) is 6. The molecule has 7 nitrogen and oxygen atoms in total. The van der Waals surface area contributed by atoms with Crippen molar-refractivity contribution in [2.24, 2.45) is 7.05 Å². The Bertz CT molecular complexity index is 908. The van der Waals surface area contributed by atoms with Gasteiger partial charge in [-0.1, -0.05) is 23.5 Å². The van der Waals surface area contributed by atoms with Crippen molar-refractivity contribution >= 4 is 32.6 Å². The number of carbonyl (C=O) groups excluding carboxylic acids is 1. The first-order valence-corrected chi connectivity index (χ1v) is 10.4. The summed E-state index contributed by atoms with van der Waals surface area (Å²) in [5, 5.41) is 4.98. The fraction of sp³-hybridized carbons (Fsp3) is 0.450. The summed E-state index contributed by atoms with van der Waals surface area (Å²) in [5.74, 6) is -0.0430.